The van der Waals surface area contributed by atoms with Gasteiger partial charge in [0.25, 0.3) is 0 Å². The SMILES string of the molecule is NCc1oc2ccccc2c1COCc1ccccc1Br. The van der Waals surface area contributed by atoms with Crippen LogP contribution in [-0.4, -0.2) is 0 Å². The fourth-order valence-electron chi connectivity index (χ4n) is 2.35. The molecule has 0 aliphatic heterocycles. The monoisotopic (exact) mass is 345 g/mol. The van der Waals surface area contributed by atoms with E-state index in [1.165, 1.54) is 0 Å². The lowest BCUT2D eigenvalue weighted by Crippen LogP contribution is -2.01. The van der Waals surface area contributed by atoms with Crippen molar-refractivity contribution in [2.24, 2.45) is 5.73 Å². The van der Waals surface area contributed by atoms with Crippen LogP contribution in [0.25, 0.3) is 11.0 Å². The molecule has 0 fully saturated rings. The first kappa shape index (κ1) is 14.3. The third-order valence-corrected chi connectivity index (χ3v) is 4.20. The molecule has 2 aromatic carbocycles. The molecule has 1 aromatic heterocycles. The van der Waals surface area contributed by atoms with Gasteiger partial charge in [-0.2, -0.15) is 0 Å². The minimum absolute atomic E-state index is 0.377. The third-order valence-electron chi connectivity index (χ3n) is 3.43. The molecule has 3 aromatic rings. The molecular weight excluding hydrogens is 330 g/mol. The van der Waals surface area contributed by atoms with Gasteiger partial charge >= 0.3 is 0 Å². The predicted molar refractivity (Wildman–Crippen MR) is 86.7 cm³/mol. The van der Waals surface area contributed by atoms with Gasteiger partial charge in [0.15, 0.2) is 0 Å². The number of para-hydroxylation sites is 1. The first-order chi connectivity index (χ1) is 10.3. The van der Waals surface area contributed by atoms with Crippen LogP contribution < -0.4 is 5.73 Å². The maximum Gasteiger partial charge on any atom is 0.134 e. The highest BCUT2D eigenvalue weighted by Gasteiger charge is 2.12. The summed E-state index contributed by atoms with van der Waals surface area (Å²) in [5, 5.41) is 1.07. The predicted octanol–water partition coefficient (Wildman–Crippen LogP) is 4.37. The molecule has 0 bridgehead atoms. The van der Waals surface area contributed by atoms with E-state index in [-0.39, 0.29) is 0 Å². The lowest BCUT2D eigenvalue weighted by molar-refractivity contribution is 0.106. The van der Waals surface area contributed by atoms with E-state index in [0.29, 0.717) is 19.8 Å². The van der Waals surface area contributed by atoms with Gasteiger partial charge in [0.05, 0.1) is 19.8 Å². The van der Waals surface area contributed by atoms with Crippen LogP contribution in [0.2, 0.25) is 0 Å². The molecular formula is C17H16BrNO2. The van der Waals surface area contributed by atoms with E-state index in [4.69, 9.17) is 14.9 Å². The zero-order valence-corrected chi connectivity index (χ0v) is 13.1. The Morgan fingerprint density at radius 2 is 1.76 bits per heavy atom. The minimum atomic E-state index is 0.377. The number of nitrogens with two attached hydrogens (primary N) is 1. The highest BCUT2D eigenvalue weighted by atomic mass is 79.9. The molecule has 0 spiro atoms. The van der Waals surface area contributed by atoms with Gasteiger partial charge < -0.3 is 14.9 Å². The lowest BCUT2D eigenvalue weighted by Gasteiger charge is -2.06. The van der Waals surface area contributed by atoms with E-state index in [9.17, 15) is 0 Å². The highest BCUT2D eigenvalue weighted by Crippen LogP contribution is 2.27. The van der Waals surface area contributed by atoms with Crippen LogP contribution in [0.5, 0.6) is 0 Å². The molecule has 3 rings (SSSR count). The summed E-state index contributed by atoms with van der Waals surface area (Å²) in [6.07, 6.45) is 0. The van der Waals surface area contributed by atoms with E-state index in [1.807, 2.05) is 48.5 Å². The zero-order chi connectivity index (χ0) is 14.7. The number of fused-ring (bicyclic) bond motifs is 1. The van der Waals surface area contributed by atoms with Crippen molar-refractivity contribution in [2.75, 3.05) is 0 Å². The fraction of sp³-hybridized carbons (Fsp3) is 0.176. The van der Waals surface area contributed by atoms with Crippen molar-refractivity contribution >= 4 is 26.9 Å². The van der Waals surface area contributed by atoms with Crippen molar-refractivity contribution in [2.45, 2.75) is 19.8 Å². The summed E-state index contributed by atoms with van der Waals surface area (Å²) in [6, 6.07) is 16.0. The number of ether oxygens (including phenoxy) is 1. The van der Waals surface area contributed by atoms with Gasteiger partial charge in [0.1, 0.15) is 11.3 Å². The van der Waals surface area contributed by atoms with Gasteiger partial charge in [-0.1, -0.05) is 52.3 Å². The molecule has 108 valence electrons. The Balaban J connectivity index is 1.77. The summed E-state index contributed by atoms with van der Waals surface area (Å²) < 4.78 is 12.7. The Labute approximate surface area is 131 Å². The number of furan rings is 1. The molecule has 4 heteroatoms. The topological polar surface area (TPSA) is 48.4 Å². The molecule has 21 heavy (non-hydrogen) atoms. The molecule has 0 unspecified atom stereocenters. The third kappa shape index (κ3) is 3.02. The van der Waals surface area contributed by atoms with E-state index < -0.39 is 0 Å². The summed E-state index contributed by atoms with van der Waals surface area (Å²) in [7, 11) is 0. The summed E-state index contributed by atoms with van der Waals surface area (Å²) in [5.41, 5.74) is 8.79. The Bertz CT molecular complexity index is 751. The first-order valence-electron chi connectivity index (χ1n) is 6.80. The minimum Gasteiger partial charge on any atom is -0.459 e. The summed E-state index contributed by atoms with van der Waals surface area (Å²) in [5.74, 6) is 0.795. The fourth-order valence-corrected chi connectivity index (χ4v) is 2.75. The number of benzene rings is 2. The largest absolute Gasteiger partial charge is 0.459 e. The van der Waals surface area contributed by atoms with Crippen LogP contribution in [-0.2, 0) is 24.5 Å². The average Bonchev–Trinajstić information content (AvgIpc) is 2.87. The maximum atomic E-state index is 5.85. The quantitative estimate of drug-likeness (QED) is 0.746. The Kier molecular flexibility index (Phi) is 4.39. The van der Waals surface area contributed by atoms with Crippen molar-refractivity contribution in [1.82, 2.24) is 0 Å². The van der Waals surface area contributed by atoms with Crippen LogP contribution in [0.4, 0.5) is 0 Å². The lowest BCUT2D eigenvalue weighted by atomic mass is 10.1. The molecule has 0 aliphatic rings. The van der Waals surface area contributed by atoms with E-state index in [1.54, 1.807) is 0 Å². The molecule has 2 N–H and O–H groups in total. The van der Waals surface area contributed by atoms with Crippen LogP contribution in [0.3, 0.4) is 0 Å². The summed E-state index contributed by atoms with van der Waals surface area (Å²) in [6.45, 7) is 1.41. The second-order valence-corrected chi connectivity index (χ2v) is 5.64. The van der Waals surface area contributed by atoms with Crippen molar-refractivity contribution in [3.63, 3.8) is 0 Å². The van der Waals surface area contributed by atoms with Gasteiger partial charge in [-0.15, -0.1) is 0 Å². The molecule has 0 radical (unpaired) electrons. The Hall–Kier alpha value is -1.62. The summed E-state index contributed by atoms with van der Waals surface area (Å²) in [4.78, 5) is 0. The average molecular weight is 346 g/mol. The summed E-state index contributed by atoms with van der Waals surface area (Å²) >= 11 is 3.52. The first-order valence-corrected chi connectivity index (χ1v) is 7.59. The zero-order valence-electron chi connectivity index (χ0n) is 11.5. The van der Waals surface area contributed by atoms with Gasteiger partial charge in [0, 0.05) is 15.4 Å². The second-order valence-electron chi connectivity index (χ2n) is 4.79. The maximum absolute atomic E-state index is 5.85. The molecule has 0 saturated carbocycles. The number of rotatable bonds is 5. The van der Waals surface area contributed by atoms with E-state index >= 15 is 0 Å². The van der Waals surface area contributed by atoms with Crippen LogP contribution in [0.15, 0.2) is 57.4 Å². The molecule has 3 nitrogen and oxygen atoms in total. The highest BCUT2D eigenvalue weighted by molar-refractivity contribution is 9.10. The van der Waals surface area contributed by atoms with Crippen molar-refractivity contribution < 1.29 is 9.15 Å². The van der Waals surface area contributed by atoms with Gasteiger partial charge in [-0.3, -0.25) is 0 Å². The van der Waals surface area contributed by atoms with Crippen LogP contribution in [0, 0.1) is 0 Å². The Morgan fingerprint density at radius 1 is 1.00 bits per heavy atom. The van der Waals surface area contributed by atoms with Gasteiger partial charge in [-0.05, 0) is 17.7 Å². The number of halogens is 1. The molecule has 1 heterocycles. The molecule has 0 saturated heterocycles. The number of hydrogen-bond acceptors (Lipinski definition) is 3. The smallest absolute Gasteiger partial charge is 0.134 e. The standard InChI is InChI=1S/C17H16BrNO2/c18-15-7-3-1-5-12(15)10-20-11-14-13-6-2-4-8-16(13)21-17(14)9-19/h1-8H,9-11,19H2. The molecule has 0 aliphatic carbocycles. The van der Waals surface area contributed by atoms with E-state index in [0.717, 1.165) is 32.3 Å². The second kappa shape index (κ2) is 6.43. The molecule has 0 amide bonds. The Morgan fingerprint density at radius 3 is 2.57 bits per heavy atom. The van der Waals surface area contributed by atoms with Crippen LogP contribution >= 0.6 is 15.9 Å². The number of hydrogen-bond donors (Lipinski definition) is 1. The van der Waals surface area contributed by atoms with Gasteiger partial charge in [0.2, 0.25) is 0 Å². The molecule has 0 atom stereocenters. The normalized spacial score (nSPS) is 11.1. The van der Waals surface area contributed by atoms with Crippen molar-refractivity contribution in [3.8, 4) is 0 Å². The van der Waals surface area contributed by atoms with Crippen molar-refractivity contribution in [3.05, 3.63) is 69.9 Å². The van der Waals surface area contributed by atoms with Gasteiger partial charge in [-0.25, -0.2) is 0 Å². The van der Waals surface area contributed by atoms with E-state index in [2.05, 4.69) is 15.9 Å². The van der Waals surface area contributed by atoms with Crippen molar-refractivity contribution in [1.29, 1.82) is 0 Å². The van der Waals surface area contributed by atoms with Crippen LogP contribution in [0.1, 0.15) is 16.9 Å².